The Bertz CT molecular complexity index is 342. The monoisotopic (exact) mass is 209 g/mol. The average Bonchev–Trinajstić information content (AvgIpc) is 2.79. The number of aryl methyl sites for hydroxylation is 1. The predicted octanol–water partition coefficient (Wildman–Crippen LogP) is 1.02. The fourth-order valence-electron chi connectivity index (χ4n) is 1.72. The van der Waals surface area contributed by atoms with Crippen molar-refractivity contribution in [3.05, 3.63) is 11.8 Å². The van der Waals surface area contributed by atoms with E-state index in [9.17, 15) is 4.79 Å². The van der Waals surface area contributed by atoms with Gasteiger partial charge in [0.2, 0.25) is 5.91 Å². The molecule has 1 aromatic heterocycles. The Kier molecular flexibility index (Phi) is 3.01. The third-order valence-electron chi connectivity index (χ3n) is 2.57. The van der Waals surface area contributed by atoms with Crippen LogP contribution in [0.25, 0.3) is 0 Å². The van der Waals surface area contributed by atoms with E-state index in [0.29, 0.717) is 12.4 Å². The van der Waals surface area contributed by atoms with Crippen LogP contribution in [-0.4, -0.2) is 35.6 Å². The van der Waals surface area contributed by atoms with Crippen LogP contribution < -0.4 is 5.32 Å². The van der Waals surface area contributed by atoms with Gasteiger partial charge in [0.1, 0.15) is 6.26 Å². The first-order valence-electron chi connectivity index (χ1n) is 5.19. The highest BCUT2D eigenvalue weighted by molar-refractivity contribution is 5.91. The van der Waals surface area contributed by atoms with Crippen LogP contribution in [-0.2, 0) is 4.79 Å². The molecule has 2 rings (SSSR count). The molecule has 5 nitrogen and oxygen atoms in total. The highest BCUT2D eigenvalue weighted by Crippen LogP contribution is 2.11. The van der Waals surface area contributed by atoms with Gasteiger partial charge in [0.25, 0.3) is 0 Å². The lowest BCUT2D eigenvalue weighted by Gasteiger charge is -2.13. The van der Waals surface area contributed by atoms with Crippen LogP contribution in [0.5, 0.6) is 0 Å². The fraction of sp³-hybridized carbons (Fsp3) is 0.600. The van der Waals surface area contributed by atoms with E-state index in [2.05, 4.69) is 15.4 Å². The highest BCUT2D eigenvalue weighted by atomic mass is 16.5. The van der Waals surface area contributed by atoms with Gasteiger partial charge in [-0.15, -0.1) is 0 Å². The summed E-state index contributed by atoms with van der Waals surface area (Å²) in [6.45, 7) is 4.34. The summed E-state index contributed by atoms with van der Waals surface area (Å²) in [6, 6.07) is 0. The molecule has 0 spiro atoms. The van der Waals surface area contributed by atoms with Gasteiger partial charge in [0, 0.05) is 5.56 Å². The van der Waals surface area contributed by atoms with Crippen LogP contribution in [0.15, 0.2) is 10.8 Å². The van der Waals surface area contributed by atoms with Crippen molar-refractivity contribution in [3.63, 3.8) is 0 Å². The molecule has 82 valence electrons. The molecule has 0 aliphatic carbocycles. The first-order chi connectivity index (χ1) is 7.25. The molecule has 1 fully saturated rings. The molecule has 1 aliphatic heterocycles. The van der Waals surface area contributed by atoms with Crippen molar-refractivity contribution in [2.75, 3.05) is 25.0 Å². The summed E-state index contributed by atoms with van der Waals surface area (Å²) in [7, 11) is 0. The molecule has 1 saturated heterocycles. The number of nitrogens with zero attached hydrogens (tertiary/aromatic N) is 2. The lowest BCUT2D eigenvalue weighted by Crippen LogP contribution is -2.31. The van der Waals surface area contributed by atoms with Crippen LogP contribution in [0.2, 0.25) is 0 Å². The number of rotatable bonds is 3. The van der Waals surface area contributed by atoms with Crippen LogP contribution >= 0.6 is 0 Å². The Hall–Kier alpha value is -1.36. The lowest BCUT2D eigenvalue weighted by atomic mass is 10.4. The van der Waals surface area contributed by atoms with E-state index in [4.69, 9.17) is 4.52 Å². The molecule has 2 heterocycles. The molecule has 1 amide bonds. The molecule has 0 atom stereocenters. The number of carbonyl (C=O) groups is 1. The second-order valence-corrected chi connectivity index (χ2v) is 3.88. The molecule has 0 aromatic carbocycles. The molecular weight excluding hydrogens is 194 g/mol. The molecular formula is C10H15N3O2. The molecule has 15 heavy (non-hydrogen) atoms. The van der Waals surface area contributed by atoms with Gasteiger partial charge in [0.05, 0.1) is 6.54 Å². The van der Waals surface area contributed by atoms with Gasteiger partial charge < -0.3 is 9.84 Å². The summed E-state index contributed by atoms with van der Waals surface area (Å²) >= 11 is 0. The van der Waals surface area contributed by atoms with E-state index >= 15 is 0 Å². The van der Waals surface area contributed by atoms with Crippen LogP contribution in [0.4, 0.5) is 5.82 Å². The van der Waals surface area contributed by atoms with Gasteiger partial charge >= 0.3 is 0 Å². The van der Waals surface area contributed by atoms with Crippen LogP contribution in [0.3, 0.4) is 0 Å². The van der Waals surface area contributed by atoms with E-state index in [0.717, 1.165) is 18.7 Å². The van der Waals surface area contributed by atoms with E-state index in [1.54, 1.807) is 0 Å². The van der Waals surface area contributed by atoms with Gasteiger partial charge in [-0.2, -0.15) is 0 Å². The number of hydrogen-bond acceptors (Lipinski definition) is 4. The summed E-state index contributed by atoms with van der Waals surface area (Å²) in [5, 5.41) is 6.44. The van der Waals surface area contributed by atoms with E-state index in [1.165, 1.54) is 19.1 Å². The normalized spacial score (nSPS) is 16.9. The Labute approximate surface area is 88.4 Å². The predicted molar refractivity (Wildman–Crippen MR) is 55.5 cm³/mol. The number of hydrogen-bond donors (Lipinski definition) is 1. The second kappa shape index (κ2) is 4.44. The number of anilines is 1. The first kappa shape index (κ1) is 10.2. The van der Waals surface area contributed by atoms with E-state index in [1.807, 2.05) is 6.92 Å². The molecule has 0 bridgehead atoms. The maximum atomic E-state index is 11.6. The molecule has 1 aliphatic rings. The molecule has 1 N–H and O–H groups in total. The second-order valence-electron chi connectivity index (χ2n) is 3.88. The minimum absolute atomic E-state index is 0.0195. The van der Waals surface area contributed by atoms with Crippen molar-refractivity contribution in [1.82, 2.24) is 10.1 Å². The fourth-order valence-corrected chi connectivity index (χ4v) is 1.72. The average molecular weight is 209 g/mol. The summed E-state index contributed by atoms with van der Waals surface area (Å²) in [6.07, 6.45) is 3.90. The Morgan fingerprint density at radius 2 is 2.33 bits per heavy atom. The van der Waals surface area contributed by atoms with Gasteiger partial charge in [-0.1, -0.05) is 5.16 Å². The molecule has 0 saturated carbocycles. The van der Waals surface area contributed by atoms with Crippen molar-refractivity contribution in [1.29, 1.82) is 0 Å². The Balaban J connectivity index is 1.84. The largest absolute Gasteiger partial charge is 0.362 e. The third-order valence-corrected chi connectivity index (χ3v) is 2.57. The minimum atomic E-state index is -0.0195. The highest BCUT2D eigenvalue weighted by Gasteiger charge is 2.16. The number of nitrogens with one attached hydrogen (secondary N) is 1. The van der Waals surface area contributed by atoms with Gasteiger partial charge in [-0.25, -0.2) is 0 Å². The van der Waals surface area contributed by atoms with Gasteiger partial charge in [-0.05, 0) is 32.9 Å². The third kappa shape index (κ3) is 2.56. The van der Waals surface area contributed by atoms with Crippen molar-refractivity contribution in [2.24, 2.45) is 0 Å². The zero-order chi connectivity index (χ0) is 10.7. The zero-order valence-electron chi connectivity index (χ0n) is 8.82. The maximum absolute atomic E-state index is 11.6. The topological polar surface area (TPSA) is 58.4 Å². The molecule has 0 radical (unpaired) electrons. The van der Waals surface area contributed by atoms with E-state index < -0.39 is 0 Å². The summed E-state index contributed by atoms with van der Waals surface area (Å²) < 4.78 is 4.74. The molecule has 1 aromatic rings. The quantitative estimate of drug-likeness (QED) is 0.807. The maximum Gasteiger partial charge on any atom is 0.239 e. The van der Waals surface area contributed by atoms with Crippen LogP contribution in [0, 0.1) is 6.92 Å². The summed E-state index contributed by atoms with van der Waals surface area (Å²) in [5.41, 5.74) is 0.852. The Morgan fingerprint density at radius 3 is 2.93 bits per heavy atom. The van der Waals surface area contributed by atoms with Crippen molar-refractivity contribution < 1.29 is 9.32 Å². The number of amides is 1. The molecule has 5 heteroatoms. The zero-order valence-corrected chi connectivity index (χ0v) is 8.82. The number of aromatic nitrogens is 1. The lowest BCUT2D eigenvalue weighted by molar-refractivity contribution is -0.117. The summed E-state index contributed by atoms with van der Waals surface area (Å²) in [5.74, 6) is 0.507. The van der Waals surface area contributed by atoms with Gasteiger partial charge in [0.15, 0.2) is 5.82 Å². The standard InChI is InChI=1S/C10H15N3O2/c1-8-7-15-12-10(8)11-9(14)6-13-4-2-3-5-13/h7H,2-6H2,1H3,(H,11,12,14). The van der Waals surface area contributed by atoms with E-state index in [-0.39, 0.29) is 5.91 Å². The smallest absolute Gasteiger partial charge is 0.239 e. The Morgan fingerprint density at radius 1 is 1.60 bits per heavy atom. The summed E-state index contributed by atoms with van der Waals surface area (Å²) in [4.78, 5) is 13.7. The SMILES string of the molecule is Cc1conc1NC(=O)CN1CCCC1. The number of carbonyl (C=O) groups excluding carboxylic acids is 1. The van der Waals surface area contributed by atoms with Crippen molar-refractivity contribution in [3.8, 4) is 0 Å². The minimum Gasteiger partial charge on any atom is -0.362 e. The van der Waals surface area contributed by atoms with Gasteiger partial charge in [-0.3, -0.25) is 9.69 Å². The van der Waals surface area contributed by atoms with Crippen molar-refractivity contribution >= 4 is 11.7 Å². The first-order valence-corrected chi connectivity index (χ1v) is 5.19. The van der Waals surface area contributed by atoms with Crippen molar-refractivity contribution in [2.45, 2.75) is 19.8 Å². The number of likely N-dealkylation sites (tertiary alicyclic amines) is 1. The van der Waals surface area contributed by atoms with Crippen LogP contribution in [0.1, 0.15) is 18.4 Å². The molecule has 0 unspecified atom stereocenters.